The fraction of sp³-hybridized carbons (Fsp3) is 0.200. The lowest BCUT2D eigenvalue weighted by Gasteiger charge is -2.10. The van der Waals surface area contributed by atoms with Crippen LogP contribution in [0.15, 0.2) is 18.2 Å². The van der Waals surface area contributed by atoms with Crippen molar-refractivity contribution in [3.8, 4) is 11.8 Å². The van der Waals surface area contributed by atoms with E-state index in [9.17, 15) is 4.79 Å². The Morgan fingerprint density at radius 1 is 1.69 bits per heavy atom. The van der Waals surface area contributed by atoms with E-state index in [1.165, 1.54) is 12.1 Å². The molecule has 6 heteroatoms. The summed E-state index contributed by atoms with van der Waals surface area (Å²) in [6.45, 7) is -0.218. The van der Waals surface area contributed by atoms with Crippen LogP contribution in [0.4, 0.5) is 0 Å². The monoisotopic (exact) mass is 240 g/mol. The van der Waals surface area contributed by atoms with E-state index in [0.29, 0.717) is 5.02 Å². The van der Waals surface area contributed by atoms with Crippen LogP contribution in [0, 0.1) is 11.3 Å². The second-order valence-electron chi connectivity index (χ2n) is 3.01. The van der Waals surface area contributed by atoms with E-state index in [1.54, 1.807) is 6.07 Å². The first-order valence-electron chi connectivity index (χ1n) is 4.35. The molecular weight excluding hydrogens is 232 g/mol. The van der Waals surface area contributed by atoms with Gasteiger partial charge in [-0.05, 0) is 12.1 Å². The van der Waals surface area contributed by atoms with Crippen LogP contribution in [0.3, 0.4) is 0 Å². The number of carbonyl (C=O) groups is 1. The number of carboxylic acids is 1. The molecule has 0 aromatic heterocycles. The smallest absolute Gasteiger partial charge is 0.324 e. The first kappa shape index (κ1) is 12.3. The molecule has 0 heterocycles. The van der Waals surface area contributed by atoms with Crippen molar-refractivity contribution < 1.29 is 14.6 Å². The van der Waals surface area contributed by atoms with Crippen molar-refractivity contribution in [1.82, 2.24) is 0 Å². The largest absolute Gasteiger partial charge is 0.490 e. The Bertz CT molecular complexity index is 442. The number of hydrogen-bond donors (Lipinski definition) is 2. The number of ether oxygens (including phenoxy) is 1. The molecular formula is C10H9ClN2O3. The van der Waals surface area contributed by atoms with Gasteiger partial charge in [0.15, 0.2) is 0 Å². The van der Waals surface area contributed by atoms with Gasteiger partial charge in [0.05, 0.1) is 5.56 Å². The van der Waals surface area contributed by atoms with Crippen LogP contribution in [0.25, 0.3) is 0 Å². The summed E-state index contributed by atoms with van der Waals surface area (Å²) in [5.41, 5.74) is 5.53. The Morgan fingerprint density at radius 3 is 2.94 bits per heavy atom. The van der Waals surface area contributed by atoms with Crippen LogP contribution in [-0.4, -0.2) is 23.7 Å². The van der Waals surface area contributed by atoms with E-state index in [-0.39, 0.29) is 17.9 Å². The molecule has 0 amide bonds. The maximum absolute atomic E-state index is 10.4. The van der Waals surface area contributed by atoms with Gasteiger partial charge in [-0.25, -0.2) is 0 Å². The highest BCUT2D eigenvalue weighted by atomic mass is 35.5. The van der Waals surface area contributed by atoms with Gasteiger partial charge in [0.2, 0.25) is 0 Å². The number of carboxylic acid groups (broad SMARTS) is 1. The summed E-state index contributed by atoms with van der Waals surface area (Å²) in [6, 6.07) is 5.25. The van der Waals surface area contributed by atoms with Crippen molar-refractivity contribution in [2.24, 2.45) is 5.73 Å². The van der Waals surface area contributed by atoms with E-state index in [1.807, 2.05) is 6.07 Å². The molecule has 0 aliphatic carbocycles. The zero-order valence-electron chi connectivity index (χ0n) is 8.18. The Hall–Kier alpha value is -1.77. The van der Waals surface area contributed by atoms with Gasteiger partial charge >= 0.3 is 5.97 Å². The van der Waals surface area contributed by atoms with Crippen LogP contribution >= 0.6 is 11.6 Å². The van der Waals surface area contributed by atoms with E-state index >= 15 is 0 Å². The van der Waals surface area contributed by atoms with Crippen LogP contribution in [0.5, 0.6) is 5.75 Å². The molecule has 0 fully saturated rings. The fourth-order valence-corrected chi connectivity index (χ4v) is 1.12. The van der Waals surface area contributed by atoms with E-state index in [2.05, 4.69) is 0 Å². The Labute approximate surface area is 97.0 Å². The number of nitrogens with zero attached hydrogens (tertiary/aromatic N) is 1. The number of rotatable bonds is 4. The summed E-state index contributed by atoms with van der Waals surface area (Å²) in [7, 11) is 0. The molecule has 1 atom stereocenters. The van der Waals surface area contributed by atoms with Gasteiger partial charge < -0.3 is 15.6 Å². The molecule has 0 radical (unpaired) electrons. The van der Waals surface area contributed by atoms with Gasteiger partial charge in [0.25, 0.3) is 0 Å². The van der Waals surface area contributed by atoms with Gasteiger partial charge in [0.1, 0.15) is 24.5 Å². The van der Waals surface area contributed by atoms with E-state index in [0.717, 1.165) is 0 Å². The lowest BCUT2D eigenvalue weighted by atomic mass is 10.2. The van der Waals surface area contributed by atoms with Gasteiger partial charge in [-0.3, -0.25) is 4.79 Å². The van der Waals surface area contributed by atoms with Crippen molar-refractivity contribution in [3.63, 3.8) is 0 Å². The summed E-state index contributed by atoms with van der Waals surface area (Å²) in [5, 5.41) is 17.7. The minimum atomic E-state index is -1.17. The molecule has 0 aliphatic heterocycles. The summed E-state index contributed by atoms with van der Waals surface area (Å²) in [6.07, 6.45) is 0. The Morgan fingerprint density at radius 2 is 2.38 bits per heavy atom. The highest BCUT2D eigenvalue weighted by molar-refractivity contribution is 6.30. The first-order chi connectivity index (χ1) is 7.54. The molecule has 5 nitrogen and oxygen atoms in total. The third-order valence-electron chi connectivity index (χ3n) is 1.80. The molecule has 0 spiro atoms. The minimum absolute atomic E-state index is 0.218. The van der Waals surface area contributed by atoms with Crippen molar-refractivity contribution in [1.29, 1.82) is 5.26 Å². The van der Waals surface area contributed by atoms with Crippen LogP contribution in [-0.2, 0) is 4.79 Å². The molecule has 84 valence electrons. The summed E-state index contributed by atoms with van der Waals surface area (Å²) in [5.74, 6) is -0.938. The zero-order chi connectivity index (χ0) is 12.1. The number of halogens is 1. The molecule has 1 rings (SSSR count). The summed E-state index contributed by atoms with van der Waals surface area (Å²) < 4.78 is 5.12. The van der Waals surface area contributed by atoms with Crippen molar-refractivity contribution in [3.05, 3.63) is 28.8 Å². The molecule has 0 saturated heterocycles. The zero-order valence-corrected chi connectivity index (χ0v) is 8.94. The third-order valence-corrected chi connectivity index (χ3v) is 2.03. The quantitative estimate of drug-likeness (QED) is 0.819. The summed E-state index contributed by atoms with van der Waals surface area (Å²) >= 11 is 5.71. The average molecular weight is 241 g/mol. The van der Waals surface area contributed by atoms with Gasteiger partial charge in [0, 0.05) is 11.1 Å². The SMILES string of the molecule is N#Cc1ccc(Cl)cc1OCC(N)C(=O)O. The second-order valence-corrected chi connectivity index (χ2v) is 3.44. The molecule has 0 bridgehead atoms. The van der Waals surface area contributed by atoms with Crippen LogP contribution in [0.1, 0.15) is 5.56 Å². The Balaban J connectivity index is 2.77. The molecule has 1 unspecified atom stereocenters. The lowest BCUT2D eigenvalue weighted by Crippen LogP contribution is -2.36. The molecule has 1 aromatic carbocycles. The number of hydrogen-bond acceptors (Lipinski definition) is 4. The van der Waals surface area contributed by atoms with E-state index < -0.39 is 12.0 Å². The molecule has 1 aromatic rings. The average Bonchev–Trinajstić information content (AvgIpc) is 2.25. The van der Waals surface area contributed by atoms with Gasteiger partial charge in [-0.2, -0.15) is 5.26 Å². The maximum atomic E-state index is 10.4. The third kappa shape index (κ3) is 3.12. The standard InChI is InChI=1S/C10H9ClN2O3/c11-7-2-1-6(4-12)9(3-7)16-5-8(13)10(14)15/h1-3,8H,5,13H2,(H,14,15). The van der Waals surface area contributed by atoms with E-state index in [4.69, 9.17) is 32.4 Å². The first-order valence-corrected chi connectivity index (χ1v) is 4.73. The number of benzene rings is 1. The summed E-state index contributed by atoms with van der Waals surface area (Å²) in [4.78, 5) is 10.4. The molecule has 16 heavy (non-hydrogen) atoms. The minimum Gasteiger partial charge on any atom is -0.490 e. The highest BCUT2D eigenvalue weighted by Crippen LogP contribution is 2.22. The number of aliphatic carboxylic acids is 1. The maximum Gasteiger partial charge on any atom is 0.324 e. The lowest BCUT2D eigenvalue weighted by molar-refractivity contribution is -0.139. The number of nitriles is 1. The van der Waals surface area contributed by atoms with Crippen LogP contribution < -0.4 is 10.5 Å². The molecule has 3 N–H and O–H groups in total. The van der Waals surface area contributed by atoms with Crippen molar-refractivity contribution in [2.45, 2.75) is 6.04 Å². The highest BCUT2D eigenvalue weighted by Gasteiger charge is 2.13. The fourth-order valence-electron chi connectivity index (χ4n) is 0.959. The van der Waals surface area contributed by atoms with Crippen LogP contribution in [0.2, 0.25) is 5.02 Å². The number of nitrogens with two attached hydrogens (primary N) is 1. The molecule has 0 saturated carbocycles. The van der Waals surface area contributed by atoms with Gasteiger partial charge in [-0.15, -0.1) is 0 Å². The van der Waals surface area contributed by atoms with Crippen molar-refractivity contribution in [2.75, 3.05) is 6.61 Å². The van der Waals surface area contributed by atoms with Crippen molar-refractivity contribution >= 4 is 17.6 Å². The topological polar surface area (TPSA) is 96.3 Å². The molecule has 0 aliphatic rings. The normalized spacial score (nSPS) is 11.6. The predicted molar refractivity (Wildman–Crippen MR) is 57.3 cm³/mol. The second kappa shape index (κ2) is 5.35. The Kier molecular flexibility index (Phi) is 4.11. The predicted octanol–water partition coefficient (Wildman–Crippen LogP) is 1.00. The van der Waals surface area contributed by atoms with Gasteiger partial charge in [-0.1, -0.05) is 11.6 Å².